The number of likely N-dealkylation sites (N-methyl/N-ethyl adjacent to an activating group) is 3. The van der Waals surface area contributed by atoms with Gasteiger partial charge in [-0.25, -0.2) is 0 Å². The highest BCUT2D eigenvalue weighted by Gasteiger charge is 2.47. The molecule has 6 aromatic rings. The molecule has 6 aromatic carbocycles. The lowest BCUT2D eigenvalue weighted by atomic mass is 9.76. The number of hydrogen-bond acceptors (Lipinski definition) is 12. The van der Waals surface area contributed by atoms with Crippen molar-refractivity contribution in [2.24, 2.45) is 45.3 Å². The number of rotatable bonds is 30. The van der Waals surface area contributed by atoms with E-state index in [1.807, 2.05) is 322 Å². The van der Waals surface area contributed by atoms with E-state index in [9.17, 15) is 57.5 Å². The Morgan fingerprint density at radius 3 is 1.00 bits per heavy atom. The van der Waals surface area contributed by atoms with Gasteiger partial charge in [0.05, 0.1) is 17.8 Å². The van der Waals surface area contributed by atoms with Gasteiger partial charge in [0.15, 0.2) is 23.1 Å². The quantitative estimate of drug-likeness (QED) is 0.0400. The number of carbonyl (C=O) groups is 12. The average molecular weight is 1830 g/mol. The topological polar surface area (TPSA) is 248 Å². The normalized spacial score (nSPS) is 17.4. The molecule has 2 N–H and O–H groups in total. The van der Waals surface area contributed by atoms with Crippen molar-refractivity contribution >= 4 is 104 Å². The number of allylic oxidation sites excluding steroid dienone is 8. The van der Waals surface area contributed by atoms with Gasteiger partial charge >= 0.3 is 0 Å². The summed E-state index contributed by atoms with van der Waals surface area (Å²) in [5, 5.41) is 5.76. The summed E-state index contributed by atoms with van der Waals surface area (Å²) in [4.78, 5) is 169. The summed E-state index contributed by atoms with van der Waals surface area (Å²) < 4.78 is 0. The molecule has 8 atom stereocenters. The van der Waals surface area contributed by atoms with Crippen LogP contribution in [0.3, 0.4) is 0 Å². The van der Waals surface area contributed by atoms with Gasteiger partial charge in [0.1, 0.15) is 24.2 Å². The second-order valence-electron chi connectivity index (χ2n) is 41.8. The summed E-state index contributed by atoms with van der Waals surface area (Å²) in [7, 11) is 3.59. The molecule has 1 aliphatic carbocycles. The van der Waals surface area contributed by atoms with Gasteiger partial charge in [-0.2, -0.15) is 0 Å². The first kappa shape index (κ1) is 110. The van der Waals surface area contributed by atoms with Crippen LogP contribution in [0.15, 0.2) is 182 Å². The minimum Gasteiger partial charge on any atom is -0.344 e. The summed E-state index contributed by atoms with van der Waals surface area (Å²) in [6.07, 6.45) is 17.2. The molecule has 3 heterocycles. The smallest absolute Gasteiger partial charge is 0.249 e. The van der Waals surface area contributed by atoms with Crippen LogP contribution >= 0.6 is 0 Å². The largest absolute Gasteiger partial charge is 0.344 e. The molecule has 724 valence electrons. The van der Waals surface area contributed by atoms with Crippen LogP contribution in [0.25, 0.3) is 22.3 Å². The zero-order valence-corrected chi connectivity index (χ0v) is 85.2. The lowest BCUT2D eigenvalue weighted by molar-refractivity contribution is -0.149. The van der Waals surface area contributed by atoms with Gasteiger partial charge < -0.3 is 40.0 Å². The molecule has 0 spiro atoms. The van der Waals surface area contributed by atoms with E-state index in [0.717, 1.165) is 93.5 Å². The van der Waals surface area contributed by atoms with Crippen LogP contribution < -0.4 is 15.5 Å². The van der Waals surface area contributed by atoms with Gasteiger partial charge in [0.2, 0.25) is 47.3 Å². The van der Waals surface area contributed by atoms with Gasteiger partial charge in [-0.1, -0.05) is 258 Å². The average Bonchev–Trinajstić information content (AvgIpc) is 1.80. The SMILES string of the molecule is C/C(=C\C(=O)C[C@H](C(=O)N1CCCC1C(=O)N(C)C1CCCCC1)C(C)(C)C)c1ccc(C)cc1.C/C(=C\C(=O)C[C@H](C(=O)N1CCCC1C(=O)Nc1ccccc1)C(C)(C)C)c1ccc(C)cc1.C/C(=C\C(=O)C[C@H](C(=O)N[C@@H](C)C(=O)N(C)c1ccccc1)C(C)(C)C)c1ccc(C)cc1.CCN(CC)C(=O)C1CCCN1C(=O)[C@@H](CC(=O)/C=C(\C)c1ccc(C)cc1)C(C)(C)C. The van der Waals surface area contributed by atoms with E-state index in [0.29, 0.717) is 57.7 Å². The highest BCUT2D eigenvalue weighted by Crippen LogP contribution is 2.40. The fourth-order valence-corrected chi connectivity index (χ4v) is 18.0. The van der Waals surface area contributed by atoms with Gasteiger partial charge in [-0.05, 0) is 242 Å². The fraction of sp³-hybridized carbons (Fsp3) is 0.509. The number of ketones is 4. The van der Waals surface area contributed by atoms with Crippen LogP contribution in [0.4, 0.5) is 11.4 Å². The molecule has 1 saturated carbocycles. The molecule has 0 radical (unpaired) electrons. The standard InChI is InChI=1S/C30H44N2O3.C29H36N2O3.C28H36N2O3.C27H40N2O3/c1-21-14-16-23(17-15-21)22(2)19-25(33)20-26(30(3,4)5)28(34)32-18-10-13-27(32)29(35)31(6)24-11-8-7-9-12-24;1-20-13-15-22(16-14-20)21(2)18-24(32)19-25(29(3,4)5)28(34)31-17-9-12-26(31)27(33)30-23-10-7-6-8-11-23;1-19-13-15-22(16-14-19)20(2)17-24(31)18-25(28(4,5)6)26(32)29-21(3)27(33)30(7)23-11-9-8-10-12-23;1-8-28(9-2)26(32)24-11-10-16-29(24)25(31)23(27(5,6)7)18-22(30)17-20(4)21-14-12-19(3)13-15-21/h14-17,19,24,26-27H,7-13,18,20H2,1-6H3;6-8,10-11,13-16,18,25-26H,9,12,17,19H2,1-5H3,(H,30,33);8-17,21,25H,18H2,1-7H3,(H,29,32);12-15,17,23-24H,8-11,16,18H2,1-7H3/b22-19+;21-18+;2*20-17+/t26-,27?;25-,26?;21-,25+;23-,24?/m1101/s1. The molecule has 4 aliphatic rings. The second kappa shape index (κ2) is 50.3. The molecule has 3 unspecified atom stereocenters. The van der Waals surface area contributed by atoms with E-state index in [2.05, 4.69) is 10.6 Å². The molecule has 20 heteroatoms. The summed E-state index contributed by atoms with van der Waals surface area (Å²) in [5.41, 5.74) is 12.0. The van der Waals surface area contributed by atoms with Crippen molar-refractivity contribution < 1.29 is 57.5 Å². The van der Waals surface area contributed by atoms with Crippen LogP contribution in [-0.2, 0) is 57.5 Å². The van der Waals surface area contributed by atoms with E-state index in [1.165, 1.54) is 35.3 Å². The Balaban J connectivity index is 0.000000244. The summed E-state index contributed by atoms with van der Waals surface area (Å²) in [6, 6.07) is 49.0. The van der Waals surface area contributed by atoms with Gasteiger partial charge in [0.25, 0.3) is 0 Å². The van der Waals surface area contributed by atoms with Crippen molar-refractivity contribution in [1.82, 2.24) is 29.8 Å². The number of aryl methyl sites for hydroxylation is 4. The predicted molar refractivity (Wildman–Crippen MR) is 544 cm³/mol. The van der Waals surface area contributed by atoms with Crippen molar-refractivity contribution in [2.45, 2.75) is 286 Å². The molecule has 134 heavy (non-hydrogen) atoms. The zero-order chi connectivity index (χ0) is 99.4. The summed E-state index contributed by atoms with van der Waals surface area (Å²) in [6.45, 7) is 48.1. The Hall–Kier alpha value is -11.3. The molecule has 4 fully saturated rings. The molecule has 3 aliphatic heterocycles. The lowest BCUT2D eigenvalue weighted by Crippen LogP contribution is -2.52. The van der Waals surface area contributed by atoms with Crippen LogP contribution in [0.1, 0.15) is 272 Å². The van der Waals surface area contributed by atoms with Gasteiger partial charge in [0, 0.05) is 95.8 Å². The molecule has 20 nitrogen and oxygen atoms in total. The lowest BCUT2D eigenvalue weighted by Gasteiger charge is -2.38. The molecule has 0 bridgehead atoms. The number of nitrogens with one attached hydrogen (secondary N) is 2. The number of para-hydroxylation sites is 2. The van der Waals surface area contributed by atoms with Crippen molar-refractivity contribution in [3.05, 3.63) is 227 Å². The van der Waals surface area contributed by atoms with Gasteiger partial charge in [-0.15, -0.1) is 0 Å². The van der Waals surface area contributed by atoms with Crippen molar-refractivity contribution in [3.8, 4) is 0 Å². The zero-order valence-electron chi connectivity index (χ0n) is 85.2. The molecular weight excluding hydrogens is 1670 g/mol. The van der Waals surface area contributed by atoms with Crippen LogP contribution in [-0.4, -0.2) is 172 Å². The third-order valence-electron chi connectivity index (χ3n) is 26.8. The first-order chi connectivity index (χ1) is 62.9. The number of hydrogen-bond donors (Lipinski definition) is 2. The maximum atomic E-state index is 13.8. The Bertz CT molecular complexity index is 5110. The minimum atomic E-state index is -0.715. The molecule has 10 rings (SSSR count). The fourth-order valence-electron chi connectivity index (χ4n) is 18.0. The van der Waals surface area contributed by atoms with Crippen LogP contribution in [0, 0.1) is 73.0 Å². The highest BCUT2D eigenvalue weighted by molar-refractivity contribution is 6.04. The number of likely N-dealkylation sites (tertiary alicyclic amines) is 3. The molecular formula is C114H156N8O12. The minimum absolute atomic E-state index is 0.0231. The van der Waals surface area contributed by atoms with E-state index in [1.54, 1.807) is 57.9 Å². The predicted octanol–water partition coefficient (Wildman–Crippen LogP) is 21.5. The molecule has 8 amide bonds. The number of amides is 8. The van der Waals surface area contributed by atoms with Crippen molar-refractivity contribution in [1.29, 1.82) is 0 Å². The van der Waals surface area contributed by atoms with E-state index in [-0.39, 0.29) is 113 Å². The number of anilines is 2. The Kier molecular flexibility index (Phi) is 41.2. The molecule has 3 saturated heterocycles. The monoisotopic (exact) mass is 1830 g/mol. The van der Waals surface area contributed by atoms with E-state index >= 15 is 0 Å². The Labute approximate surface area is 801 Å². The van der Waals surface area contributed by atoms with Gasteiger partial charge in [-0.3, -0.25) is 57.5 Å². The van der Waals surface area contributed by atoms with Crippen molar-refractivity contribution in [3.63, 3.8) is 0 Å². The Morgan fingerprint density at radius 1 is 0.381 bits per heavy atom. The number of carbonyl (C=O) groups excluding carboxylic acids is 12. The summed E-state index contributed by atoms with van der Waals surface area (Å²) in [5.74, 6) is -3.13. The van der Waals surface area contributed by atoms with E-state index in [4.69, 9.17) is 0 Å². The first-order valence-corrected chi connectivity index (χ1v) is 48.5. The van der Waals surface area contributed by atoms with Crippen LogP contribution in [0.5, 0.6) is 0 Å². The summed E-state index contributed by atoms with van der Waals surface area (Å²) >= 11 is 0. The van der Waals surface area contributed by atoms with Crippen LogP contribution in [0.2, 0.25) is 0 Å². The number of nitrogens with zero attached hydrogens (tertiary/aromatic N) is 6. The third-order valence-corrected chi connectivity index (χ3v) is 26.8. The van der Waals surface area contributed by atoms with Crippen molar-refractivity contribution in [2.75, 3.05) is 57.0 Å². The molecule has 0 aromatic heterocycles. The number of benzene rings is 6. The third kappa shape index (κ3) is 32.5. The Morgan fingerprint density at radius 2 is 0.679 bits per heavy atom. The highest BCUT2D eigenvalue weighted by atomic mass is 16.2. The maximum absolute atomic E-state index is 13.8. The second-order valence-corrected chi connectivity index (χ2v) is 41.8. The van der Waals surface area contributed by atoms with E-state index < -0.39 is 58.7 Å². The maximum Gasteiger partial charge on any atom is 0.249 e. The first-order valence-electron chi connectivity index (χ1n) is 48.5.